The van der Waals surface area contributed by atoms with Crippen LogP contribution in [0.4, 0.5) is 11.9 Å². The van der Waals surface area contributed by atoms with E-state index in [1.165, 1.54) is 18.9 Å². The maximum Gasteiger partial charge on any atom is 0.239 e. The molecule has 0 fully saturated rings. The van der Waals surface area contributed by atoms with E-state index in [9.17, 15) is 4.79 Å². The van der Waals surface area contributed by atoms with Gasteiger partial charge in [0, 0.05) is 26.7 Å². The first-order valence-corrected chi connectivity index (χ1v) is 6.97. The first-order chi connectivity index (χ1) is 11.2. The van der Waals surface area contributed by atoms with Crippen LogP contribution in [-0.2, 0) is 14.3 Å². The molecule has 2 rings (SSSR count). The van der Waals surface area contributed by atoms with E-state index in [-0.39, 0.29) is 25.3 Å². The molecule has 0 unspecified atom stereocenters. The zero-order chi connectivity index (χ0) is 16.7. The van der Waals surface area contributed by atoms with Crippen LogP contribution in [-0.4, -0.2) is 48.5 Å². The molecule has 1 amide bonds. The summed E-state index contributed by atoms with van der Waals surface area (Å²) >= 11 is 0. The van der Waals surface area contributed by atoms with Gasteiger partial charge in [-0.15, -0.1) is 0 Å². The van der Waals surface area contributed by atoms with Gasteiger partial charge in [0.15, 0.2) is 5.82 Å². The van der Waals surface area contributed by atoms with Gasteiger partial charge in [0.05, 0.1) is 0 Å². The summed E-state index contributed by atoms with van der Waals surface area (Å²) in [7, 11) is 3.05. The van der Waals surface area contributed by atoms with Crippen LogP contribution in [0.15, 0.2) is 30.3 Å². The number of hydrogen-bond acceptors (Lipinski definition) is 7. The number of carbonyl (C=O) groups excluding carboxylic acids is 1. The molecule has 1 N–H and O–H groups in total. The van der Waals surface area contributed by atoms with Crippen molar-refractivity contribution in [1.29, 1.82) is 0 Å². The molecular formula is C15H19N5O3. The normalized spacial score (nSPS) is 10.4. The number of benzene rings is 1. The summed E-state index contributed by atoms with van der Waals surface area (Å²) in [6, 6.07) is 9.45. The standard InChI is InChI=1S/C15H19N5O3/c1-11(21)20(10-23-3)15-18-13(12-7-5-4-6-8-12)17-14(19-15)16-9-22-2/h4-8H,9-10H2,1-3H3,(H,16,17,18,19). The lowest BCUT2D eigenvalue weighted by molar-refractivity contribution is -0.117. The van der Waals surface area contributed by atoms with Gasteiger partial charge in [-0.3, -0.25) is 9.69 Å². The zero-order valence-electron chi connectivity index (χ0n) is 13.3. The SMILES string of the molecule is COCNc1nc(-c2ccccc2)nc(N(COC)C(C)=O)n1. The molecule has 8 heteroatoms. The van der Waals surface area contributed by atoms with E-state index in [1.807, 2.05) is 30.3 Å². The smallest absolute Gasteiger partial charge is 0.239 e. The number of nitrogens with zero attached hydrogens (tertiary/aromatic N) is 4. The largest absolute Gasteiger partial charge is 0.364 e. The van der Waals surface area contributed by atoms with Crippen LogP contribution in [0.25, 0.3) is 11.4 Å². The van der Waals surface area contributed by atoms with Crippen molar-refractivity contribution in [2.24, 2.45) is 0 Å². The van der Waals surface area contributed by atoms with Gasteiger partial charge in [-0.2, -0.15) is 15.0 Å². The highest BCUT2D eigenvalue weighted by molar-refractivity contribution is 5.89. The number of carbonyl (C=O) groups is 1. The third kappa shape index (κ3) is 4.44. The van der Waals surface area contributed by atoms with Crippen LogP contribution < -0.4 is 10.2 Å². The second-order valence-electron chi connectivity index (χ2n) is 4.62. The predicted molar refractivity (Wildman–Crippen MR) is 85.8 cm³/mol. The second kappa shape index (κ2) is 8.16. The Bertz CT molecular complexity index is 651. The van der Waals surface area contributed by atoms with Gasteiger partial charge in [-0.25, -0.2) is 0 Å². The summed E-state index contributed by atoms with van der Waals surface area (Å²) in [5.41, 5.74) is 0.817. The van der Waals surface area contributed by atoms with Gasteiger partial charge in [0.2, 0.25) is 17.8 Å². The minimum atomic E-state index is -0.227. The number of methoxy groups -OCH3 is 2. The van der Waals surface area contributed by atoms with E-state index in [0.717, 1.165) is 5.56 Å². The first-order valence-electron chi connectivity index (χ1n) is 6.97. The molecule has 0 spiro atoms. The molecule has 8 nitrogen and oxygen atoms in total. The molecule has 1 heterocycles. The van der Waals surface area contributed by atoms with Crippen molar-refractivity contribution in [2.45, 2.75) is 6.92 Å². The predicted octanol–water partition coefficient (Wildman–Crippen LogP) is 1.51. The maximum absolute atomic E-state index is 11.8. The fraction of sp³-hybridized carbons (Fsp3) is 0.333. The molecule has 0 radical (unpaired) electrons. The highest BCUT2D eigenvalue weighted by Gasteiger charge is 2.17. The molecule has 0 aliphatic rings. The molecule has 2 aromatic rings. The minimum Gasteiger partial charge on any atom is -0.364 e. The van der Waals surface area contributed by atoms with Gasteiger partial charge in [0.25, 0.3) is 0 Å². The van der Waals surface area contributed by atoms with Crippen molar-refractivity contribution in [3.05, 3.63) is 30.3 Å². The van der Waals surface area contributed by atoms with Gasteiger partial charge in [0.1, 0.15) is 13.5 Å². The summed E-state index contributed by atoms with van der Waals surface area (Å²) in [6.07, 6.45) is 0. The Hall–Kier alpha value is -2.58. The summed E-state index contributed by atoms with van der Waals surface area (Å²) in [5, 5.41) is 2.92. The summed E-state index contributed by atoms with van der Waals surface area (Å²) < 4.78 is 10.0. The van der Waals surface area contributed by atoms with Gasteiger partial charge in [-0.05, 0) is 0 Å². The van der Waals surface area contributed by atoms with E-state index >= 15 is 0 Å². The third-order valence-electron chi connectivity index (χ3n) is 2.91. The molecule has 1 aromatic carbocycles. The minimum absolute atomic E-state index is 0.0529. The third-order valence-corrected chi connectivity index (χ3v) is 2.91. The summed E-state index contributed by atoms with van der Waals surface area (Å²) in [6.45, 7) is 1.71. The average Bonchev–Trinajstić information content (AvgIpc) is 2.58. The first kappa shape index (κ1) is 16.8. The van der Waals surface area contributed by atoms with Crippen molar-refractivity contribution in [1.82, 2.24) is 15.0 Å². The molecule has 0 atom stereocenters. The molecule has 0 saturated heterocycles. The number of hydrogen-bond donors (Lipinski definition) is 1. The number of amides is 1. The van der Waals surface area contributed by atoms with Crippen molar-refractivity contribution in [3.8, 4) is 11.4 Å². The number of ether oxygens (including phenoxy) is 2. The van der Waals surface area contributed by atoms with Crippen LogP contribution in [0.5, 0.6) is 0 Å². The van der Waals surface area contributed by atoms with Crippen molar-refractivity contribution in [2.75, 3.05) is 37.9 Å². The van der Waals surface area contributed by atoms with Gasteiger partial charge < -0.3 is 14.8 Å². The molecule has 0 aliphatic carbocycles. The monoisotopic (exact) mass is 317 g/mol. The van der Waals surface area contributed by atoms with Crippen molar-refractivity contribution < 1.29 is 14.3 Å². The molecule has 0 saturated carbocycles. The van der Waals surface area contributed by atoms with E-state index in [2.05, 4.69) is 20.3 Å². The lowest BCUT2D eigenvalue weighted by atomic mass is 10.2. The van der Waals surface area contributed by atoms with Crippen LogP contribution in [0.2, 0.25) is 0 Å². The lowest BCUT2D eigenvalue weighted by Gasteiger charge is -2.19. The Morgan fingerprint density at radius 1 is 1.13 bits per heavy atom. The summed E-state index contributed by atoms with van der Waals surface area (Å²) in [5.74, 6) is 0.760. The van der Waals surface area contributed by atoms with E-state index in [4.69, 9.17) is 9.47 Å². The number of anilines is 2. The van der Waals surface area contributed by atoms with Gasteiger partial charge >= 0.3 is 0 Å². The van der Waals surface area contributed by atoms with Crippen molar-refractivity contribution in [3.63, 3.8) is 0 Å². The van der Waals surface area contributed by atoms with Gasteiger partial charge in [-0.1, -0.05) is 30.3 Å². The number of aromatic nitrogens is 3. The molecular weight excluding hydrogens is 298 g/mol. The quantitative estimate of drug-likeness (QED) is 0.774. The van der Waals surface area contributed by atoms with Crippen LogP contribution in [0, 0.1) is 0 Å². The zero-order valence-corrected chi connectivity index (χ0v) is 13.3. The van der Waals surface area contributed by atoms with E-state index in [0.29, 0.717) is 11.8 Å². The Kier molecular flexibility index (Phi) is 5.95. The second-order valence-corrected chi connectivity index (χ2v) is 4.62. The molecule has 0 aliphatic heterocycles. The Morgan fingerprint density at radius 3 is 2.48 bits per heavy atom. The van der Waals surface area contributed by atoms with E-state index < -0.39 is 0 Å². The lowest BCUT2D eigenvalue weighted by Crippen LogP contribution is -2.32. The summed E-state index contributed by atoms with van der Waals surface area (Å²) in [4.78, 5) is 26.1. The maximum atomic E-state index is 11.8. The number of nitrogens with one attached hydrogen (secondary N) is 1. The Morgan fingerprint density at radius 2 is 1.87 bits per heavy atom. The van der Waals surface area contributed by atoms with Crippen molar-refractivity contribution >= 4 is 17.8 Å². The van der Waals surface area contributed by atoms with Crippen LogP contribution >= 0.6 is 0 Å². The average molecular weight is 317 g/mol. The Balaban J connectivity index is 2.46. The van der Waals surface area contributed by atoms with E-state index in [1.54, 1.807) is 7.11 Å². The molecule has 0 bridgehead atoms. The highest BCUT2D eigenvalue weighted by Crippen LogP contribution is 2.19. The highest BCUT2D eigenvalue weighted by atomic mass is 16.5. The molecule has 1 aromatic heterocycles. The fourth-order valence-electron chi connectivity index (χ4n) is 1.84. The molecule has 122 valence electrons. The molecule has 23 heavy (non-hydrogen) atoms. The van der Waals surface area contributed by atoms with Crippen LogP contribution in [0.3, 0.4) is 0 Å². The van der Waals surface area contributed by atoms with Crippen LogP contribution in [0.1, 0.15) is 6.92 Å². The Labute approximate surface area is 134 Å². The number of rotatable bonds is 7. The topological polar surface area (TPSA) is 89.5 Å². The fourth-order valence-corrected chi connectivity index (χ4v) is 1.84.